The smallest absolute Gasteiger partial charge is 0.337 e. The Balaban J connectivity index is 1.52. The lowest BCUT2D eigenvalue weighted by molar-refractivity contribution is -0.127. The molecule has 2 aromatic rings. The van der Waals surface area contributed by atoms with Gasteiger partial charge in [0.05, 0.1) is 18.9 Å². The molecule has 1 aliphatic rings. The molecule has 1 aromatic carbocycles. The van der Waals surface area contributed by atoms with E-state index in [0.717, 1.165) is 5.56 Å². The molecule has 0 radical (unpaired) electrons. The number of hydrogen-bond donors (Lipinski definition) is 0. The maximum atomic E-state index is 12.3. The molecular weight excluding hydrogens is 348 g/mol. The Morgan fingerprint density at radius 1 is 1.00 bits per heavy atom. The number of methoxy groups -OCH3 is 1. The minimum atomic E-state index is -0.399. The van der Waals surface area contributed by atoms with E-state index in [1.807, 2.05) is 0 Å². The molecule has 2 heterocycles. The molecule has 0 atom stereocenters. The zero-order valence-corrected chi connectivity index (χ0v) is 15.0. The number of amides is 2. The molecular formula is C20H20N2O5. The van der Waals surface area contributed by atoms with Crippen molar-refractivity contribution in [3.8, 4) is 0 Å². The van der Waals surface area contributed by atoms with Crippen LogP contribution in [-0.2, 0) is 9.53 Å². The van der Waals surface area contributed by atoms with E-state index in [1.54, 1.807) is 52.3 Å². The van der Waals surface area contributed by atoms with Crippen molar-refractivity contribution in [1.82, 2.24) is 9.80 Å². The van der Waals surface area contributed by atoms with Crippen molar-refractivity contribution in [1.29, 1.82) is 0 Å². The van der Waals surface area contributed by atoms with Crippen molar-refractivity contribution in [3.05, 3.63) is 65.6 Å². The topological polar surface area (TPSA) is 80.1 Å². The molecule has 27 heavy (non-hydrogen) atoms. The standard InChI is InChI=1S/C20H20N2O5/c1-26-20(25)16-7-4-15(5-8-16)6-9-18(23)21-10-12-22(13-11-21)19(24)17-3-2-14-27-17/h2-9,14H,10-13H2,1H3/b9-6+. The van der Waals surface area contributed by atoms with E-state index in [-0.39, 0.29) is 11.8 Å². The first kappa shape index (κ1) is 18.4. The van der Waals surface area contributed by atoms with Gasteiger partial charge >= 0.3 is 5.97 Å². The Bertz CT molecular complexity index is 832. The van der Waals surface area contributed by atoms with Crippen LogP contribution in [0.25, 0.3) is 6.08 Å². The first-order valence-corrected chi connectivity index (χ1v) is 8.56. The molecule has 1 saturated heterocycles. The van der Waals surface area contributed by atoms with Gasteiger partial charge in [0.1, 0.15) is 0 Å². The molecule has 140 valence electrons. The molecule has 1 aromatic heterocycles. The number of furan rings is 1. The summed E-state index contributed by atoms with van der Waals surface area (Å²) in [5, 5.41) is 0. The van der Waals surface area contributed by atoms with Gasteiger partial charge in [-0.3, -0.25) is 9.59 Å². The highest BCUT2D eigenvalue weighted by Gasteiger charge is 2.25. The lowest BCUT2D eigenvalue weighted by Gasteiger charge is -2.33. The number of benzene rings is 1. The second-order valence-electron chi connectivity index (χ2n) is 6.04. The maximum absolute atomic E-state index is 12.3. The summed E-state index contributed by atoms with van der Waals surface area (Å²) in [5.41, 5.74) is 1.26. The third-order valence-electron chi connectivity index (χ3n) is 4.36. The normalized spacial score (nSPS) is 14.4. The number of carbonyl (C=O) groups excluding carboxylic acids is 3. The van der Waals surface area contributed by atoms with Crippen LogP contribution in [-0.4, -0.2) is 60.9 Å². The molecule has 7 heteroatoms. The zero-order valence-electron chi connectivity index (χ0n) is 15.0. The van der Waals surface area contributed by atoms with Gasteiger partial charge in [-0.25, -0.2) is 4.79 Å². The van der Waals surface area contributed by atoms with Gasteiger partial charge in [0.15, 0.2) is 5.76 Å². The molecule has 2 amide bonds. The molecule has 0 spiro atoms. The van der Waals surface area contributed by atoms with Crippen LogP contribution in [0.15, 0.2) is 53.2 Å². The highest BCUT2D eigenvalue weighted by Crippen LogP contribution is 2.11. The first-order chi connectivity index (χ1) is 13.1. The minimum Gasteiger partial charge on any atom is -0.465 e. The Hall–Kier alpha value is -3.35. The highest BCUT2D eigenvalue weighted by atomic mass is 16.5. The van der Waals surface area contributed by atoms with Gasteiger partial charge in [-0.2, -0.15) is 0 Å². The fourth-order valence-corrected chi connectivity index (χ4v) is 2.81. The second kappa shape index (κ2) is 8.35. The van der Waals surface area contributed by atoms with E-state index in [1.165, 1.54) is 19.4 Å². The largest absolute Gasteiger partial charge is 0.465 e. The summed E-state index contributed by atoms with van der Waals surface area (Å²) in [7, 11) is 1.33. The fourth-order valence-electron chi connectivity index (χ4n) is 2.81. The highest BCUT2D eigenvalue weighted by molar-refractivity contribution is 5.94. The van der Waals surface area contributed by atoms with E-state index < -0.39 is 5.97 Å². The summed E-state index contributed by atoms with van der Waals surface area (Å²) in [5.74, 6) is -0.362. The van der Waals surface area contributed by atoms with E-state index in [2.05, 4.69) is 4.74 Å². The van der Waals surface area contributed by atoms with Gasteiger partial charge in [-0.05, 0) is 35.9 Å². The third kappa shape index (κ3) is 4.44. The van der Waals surface area contributed by atoms with E-state index >= 15 is 0 Å². The lowest BCUT2D eigenvalue weighted by atomic mass is 10.1. The maximum Gasteiger partial charge on any atom is 0.337 e. The molecule has 1 fully saturated rings. The number of piperazine rings is 1. The average Bonchev–Trinajstić information content (AvgIpc) is 3.26. The van der Waals surface area contributed by atoms with Crippen LogP contribution >= 0.6 is 0 Å². The van der Waals surface area contributed by atoms with Gasteiger partial charge in [0, 0.05) is 32.3 Å². The fraction of sp³-hybridized carbons (Fsp3) is 0.250. The molecule has 7 nitrogen and oxygen atoms in total. The van der Waals surface area contributed by atoms with Crippen LogP contribution in [0.2, 0.25) is 0 Å². The summed E-state index contributed by atoms with van der Waals surface area (Å²) < 4.78 is 9.78. The quantitative estimate of drug-likeness (QED) is 0.610. The molecule has 0 unspecified atom stereocenters. The predicted molar refractivity (Wildman–Crippen MR) is 98.0 cm³/mol. The van der Waals surface area contributed by atoms with Crippen molar-refractivity contribution in [2.75, 3.05) is 33.3 Å². The van der Waals surface area contributed by atoms with E-state index in [4.69, 9.17) is 4.42 Å². The molecule has 0 saturated carbocycles. The number of rotatable bonds is 4. The SMILES string of the molecule is COC(=O)c1ccc(/C=C/C(=O)N2CCN(C(=O)c3ccco3)CC2)cc1. The Kier molecular flexibility index (Phi) is 5.71. The van der Waals surface area contributed by atoms with Crippen LogP contribution in [0.1, 0.15) is 26.5 Å². The Morgan fingerprint density at radius 2 is 1.67 bits per heavy atom. The average molecular weight is 368 g/mol. The summed E-state index contributed by atoms with van der Waals surface area (Å²) in [4.78, 5) is 39.4. The number of esters is 1. The van der Waals surface area contributed by atoms with Crippen molar-refractivity contribution < 1.29 is 23.5 Å². The predicted octanol–water partition coefficient (Wildman–Crippen LogP) is 2.06. The summed E-state index contributed by atoms with van der Waals surface area (Å²) in [6.45, 7) is 1.87. The molecule has 0 aliphatic carbocycles. The van der Waals surface area contributed by atoms with Gasteiger partial charge < -0.3 is 19.0 Å². The monoisotopic (exact) mass is 368 g/mol. The van der Waals surface area contributed by atoms with Gasteiger partial charge in [-0.1, -0.05) is 12.1 Å². The zero-order chi connectivity index (χ0) is 19.2. The first-order valence-electron chi connectivity index (χ1n) is 8.56. The van der Waals surface area contributed by atoms with Crippen molar-refractivity contribution in [3.63, 3.8) is 0 Å². The van der Waals surface area contributed by atoms with Crippen LogP contribution in [0.4, 0.5) is 0 Å². The van der Waals surface area contributed by atoms with E-state index in [9.17, 15) is 14.4 Å². The van der Waals surface area contributed by atoms with Crippen LogP contribution in [0, 0.1) is 0 Å². The van der Waals surface area contributed by atoms with Gasteiger partial charge in [0.2, 0.25) is 5.91 Å². The minimum absolute atomic E-state index is 0.114. The van der Waals surface area contributed by atoms with E-state index in [0.29, 0.717) is 37.5 Å². The molecule has 0 bridgehead atoms. The molecule has 1 aliphatic heterocycles. The number of ether oxygens (including phenoxy) is 1. The van der Waals surface area contributed by atoms with Gasteiger partial charge in [-0.15, -0.1) is 0 Å². The van der Waals surface area contributed by atoms with Gasteiger partial charge in [0.25, 0.3) is 5.91 Å². The van der Waals surface area contributed by atoms with Crippen molar-refractivity contribution in [2.45, 2.75) is 0 Å². The summed E-state index contributed by atoms with van der Waals surface area (Å²) in [6, 6.07) is 10.1. The Labute approximate surface area is 156 Å². The Morgan fingerprint density at radius 3 is 2.26 bits per heavy atom. The number of hydrogen-bond acceptors (Lipinski definition) is 5. The number of carbonyl (C=O) groups is 3. The molecule has 0 N–H and O–H groups in total. The lowest BCUT2D eigenvalue weighted by Crippen LogP contribution is -2.50. The third-order valence-corrected chi connectivity index (χ3v) is 4.36. The van der Waals surface area contributed by atoms with Crippen LogP contribution in [0.3, 0.4) is 0 Å². The number of nitrogens with zero attached hydrogens (tertiary/aromatic N) is 2. The summed E-state index contributed by atoms with van der Waals surface area (Å²) >= 11 is 0. The summed E-state index contributed by atoms with van der Waals surface area (Å²) in [6.07, 6.45) is 4.66. The van der Waals surface area contributed by atoms with Crippen LogP contribution < -0.4 is 0 Å². The molecule has 3 rings (SSSR count). The van der Waals surface area contributed by atoms with Crippen molar-refractivity contribution >= 4 is 23.9 Å². The van der Waals surface area contributed by atoms with Crippen LogP contribution in [0.5, 0.6) is 0 Å². The second-order valence-corrected chi connectivity index (χ2v) is 6.04. The van der Waals surface area contributed by atoms with Crippen molar-refractivity contribution in [2.24, 2.45) is 0 Å².